The molecule has 1 aromatic carbocycles. The Balaban J connectivity index is 1.72. The number of nitrogens with two attached hydrogens (primary N) is 1. The van der Waals surface area contributed by atoms with E-state index in [2.05, 4.69) is 19.1 Å². The predicted octanol–water partition coefficient (Wildman–Crippen LogP) is 3.67. The van der Waals surface area contributed by atoms with Gasteiger partial charge in [-0.15, -0.1) is 0 Å². The number of nitrogens with zero attached hydrogens (tertiary/aromatic N) is 2. The fraction of sp³-hybridized carbons (Fsp3) is 0.471. The van der Waals surface area contributed by atoms with Crippen molar-refractivity contribution in [2.24, 2.45) is 11.8 Å². The van der Waals surface area contributed by atoms with Crippen LogP contribution in [-0.4, -0.2) is 9.78 Å². The topological polar surface area (TPSA) is 43.8 Å². The zero-order chi connectivity index (χ0) is 13.7. The van der Waals surface area contributed by atoms with Gasteiger partial charge in [-0.25, -0.2) is 4.68 Å². The van der Waals surface area contributed by atoms with Crippen molar-refractivity contribution < 1.29 is 0 Å². The van der Waals surface area contributed by atoms with E-state index in [1.54, 1.807) is 0 Å². The van der Waals surface area contributed by atoms with Crippen LogP contribution >= 0.6 is 0 Å². The van der Waals surface area contributed by atoms with E-state index in [4.69, 9.17) is 10.8 Å². The first-order valence-electron chi connectivity index (χ1n) is 7.68. The number of anilines is 1. The van der Waals surface area contributed by atoms with Crippen LogP contribution in [0.5, 0.6) is 0 Å². The van der Waals surface area contributed by atoms with Gasteiger partial charge in [0.1, 0.15) is 5.82 Å². The molecule has 2 unspecified atom stereocenters. The SMILES string of the molecule is Cc1c(C2C3CCCCC32)nn(-c2ccccc2)c1N. The third-order valence-electron chi connectivity index (χ3n) is 5.18. The number of para-hydroxylation sites is 1. The van der Waals surface area contributed by atoms with Crippen LogP contribution in [0.2, 0.25) is 0 Å². The predicted molar refractivity (Wildman–Crippen MR) is 80.9 cm³/mol. The van der Waals surface area contributed by atoms with E-state index < -0.39 is 0 Å². The monoisotopic (exact) mass is 267 g/mol. The Morgan fingerprint density at radius 3 is 2.40 bits per heavy atom. The fourth-order valence-corrected chi connectivity index (χ4v) is 4.01. The van der Waals surface area contributed by atoms with Gasteiger partial charge in [-0.05, 0) is 43.7 Å². The summed E-state index contributed by atoms with van der Waals surface area (Å²) in [7, 11) is 0. The van der Waals surface area contributed by atoms with Crippen LogP contribution in [0.3, 0.4) is 0 Å². The number of hydrogen-bond acceptors (Lipinski definition) is 2. The van der Waals surface area contributed by atoms with Crippen molar-refractivity contribution in [1.29, 1.82) is 0 Å². The summed E-state index contributed by atoms with van der Waals surface area (Å²) in [4.78, 5) is 0. The maximum Gasteiger partial charge on any atom is 0.130 e. The maximum absolute atomic E-state index is 6.29. The molecule has 20 heavy (non-hydrogen) atoms. The van der Waals surface area contributed by atoms with E-state index in [-0.39, 0.29) is 0 Å². The van der Waals surface area contributed by atoms with Gasteiger partial charge in [0.05, 0.1) is 11.4 Å². The zero-order valence-corrected chi connectivity index (χ0v) is 11.9. The molecule has 1 aromatic heterocycles. The molecule has 3 heteroatoms. The summed E-state index contributed by atoms with van der Waals surface area (Å²) < 4.78 is 1.91. The largest absolute Gasteiger partial charge is 0.383 e. The van der Waals surface area contributed by atoms with Gasteiger partial charge < -0.3 is 5.73 Å². The van der Waals surface area contributed by atoms with Gasteiger partial charge in [0.25, 0.3) is 0 Å². The minimum atomic E-state index is 0.671. The molecule has 4 rings (SSSR count). The van der Waals surface area contributed by atoms with Crippen molar-refractivity contribution >= 4 is 5.82 Å². The molecule has 3 nitrogen and oxygen atoms in total. The number of rotatable bonds is 2. The first-order chi connectivity index (χ1) is 9.77. The van der Waals surface area contributed by atoms with Crippen molar-refractivity contribution in [2.75, 3.05) is 5.73 Å². The van der Waals surface area contributed by atoms with Gasteiger partial charge in [0.2, 0.25) is 0 Å². The number of nitrogen functional groups attached to an aromatic ring is 1. The van der Waals surface area contributed by atoms with Crippen molar-refractivity contribution in [3.63, 3.8) is 0 Å². The van der Waals surface area contributed by atoms with Gasteiger partial charge in [-0.2, -0.15) is 5.10 Å². The third kappa shape index (κ3) is 1.69. The van der Waals surface area contributed by atoms with Crippen LogP contribution in [-0.2, 0) is 0 Å². The van der Waals surface area contributed by atoms with E-state index in [9.17, 15) is 0 Å². The molecule has 104 valence electrons. The molecular formula is C17H21N3. The fourth-order valence-electron chi connectivity index (χ4n) is 4.01. The lowest BCUT2D eigenvalue weighted by atomic mass is 10.0. The van der Waals surface area contributed by atoms with E-state index in [1.807, 2.05) is 22.9 Å². The minimum Gasteiger partial charge on any atom is -0.383 e. The van der Waals surface area contributed by atoms with Crippen molar-refractivity contribution in [3.8, 4) is 5.69 Å². The Labute approximate surface area is 119 Å². The van der Waals surface area contributed by atoms with Crippen LogP contribution in [0.1, 0.15) is 42.9 Å². The molecule has 2 aromatic rings. The molecule has 0 aliphatic heterocycles. The second-order valence-corrected chi connectivity index (χ2v) is 6.28. The summed E-state index contributed by atoms with van der Waals surface area (Å²) in [5.74, 6) is 3.22. The first kappa shape index (κ1) is 12.0. The molecule has 2 atom stereocenters. The lowest BCUT2D eigenvalue weighted by Crippen LogP contribution is -2.01. The highest BCUT2D eigenvalue weighted by Gasteiger charge is 2.53. The van der Waals surface area contributed by atoms with Crippen LogP contribution in [0, 0.1) is 18.8 Å². The molecule has 2 aliphatic rings. The molecule has 2 saturated carbocycles. The number of benzene rings is 1. The quantitative estimate of drug-likeness (QED) is 0.902. The molecule has 0 amide bonds. The molecule has 2 aliphatic carbocycles. The lowest BCUT2D eigenvalue weighted by molar-refractivity contribution is 0.480. The Kier molecular flexibility index (Phi) is 2.62. The lowest BCUT2D eigenvalue weighted by Gasteiger charge is -2.04. The van der Waals surface area contributed by atoms with Crippen molar-refractivity contribution in [1.82, 2.24) is 9.78 Å². The van der Waals surface area contributed by atoms with Crippen LogP contribution in [0.25, 0.3) is 5.69 Å². The summed E-state index contributed by atoms with van der Waals surface area (Å²) in [6.45, 7) is 2.13. The van der Waals surface area contributed by atoms with Crippen LogP contribution in [0.15, 0.2) is 30.3 Å². The Morgan fingerprint density at radius 1 is 1.10 bits per heavy atom. The molecule has 0 radical (unpaired) electrons. The first-order valence-corrected chi connectivity index (χ1v) is 7.68. The number of fused-ring (bicyclic) bond motifs is 1. The zero-order valence-electron chi connectivity index (χ0n) is 11.9. The highest BCUT2D eigenvalue weighted by atomic mass is 15.3. The number of aromatic nitrogens is 2. The Bertz CT molecular complexity index is 617. The van der Waals surface area contributed by atoms with Crippen LogP contribution < -0.4 is 5.73 Å². The maximum atomic E-state index is 6.29. The molecule has 2 fully saturated rings. The minimum absolute atomic E-state index is 0.671. The normalized spacial score (nSPS) is 28.1. The van der Waals surface area contributed by atoms with Crippen molar-refractivity contribution in [3.05, 3.63) is 41.6 Å². The highest BCUT2D eigenvalue weighted by Crippen LogP contribution is 2.61. The van der Waals surface area contributed by atoms with Crippen molar-refractivity contribution in [2.45, 2.75) is 38.5 Å². The number of hydrogen-bond donors (Lipinski definition) is 1. The van der Waals surface area contributed by atoms with E-state index >= 15 is 0 Å². The summed E-state index contributed by atoms with van der Waals surface area (Å²) in [6, 6.07) is 10.2. The summed E-state index contributed by atoms with van der Waals surface area (Å²) >= 11 is 0. The molecule has 0 spiro atoms. The molecule has 1 heterocycles. The molecular weight excluding hydrogens is 246 g/mol. The van der Waals surface area contributed by atoms with E-state index in [1.165, 1.54) is 36.9 Å². The third-order valence-corrected chi connectivity index (χ3v) is 5.18. The summed E-state index contributed by atoms with van der Waals surface area (Å²) in [5, 5.41) is 4.86. The van der Waals surface area contributed by atoms with Gasteiger partial charge in [0, 0.05) is 11.5 Å². The molecule has 2 N–H and O–H groups in total. The summed E-state index contributed by atoms with van der Waals surface area (Å²) in [5.41, 5.74) is 9.79. The van der Waals surface area contributed by atoms with Gasteiger partial charge in [-0.3, -0.25) is 0 Å². The summed E-state index contributed by atoms with van der Waals surface area (Å²) in [6.07, 6.45) is 5.55. The molecule has 0 saturated heterocycles. The highest BCUT2D eigenvalue weighted by molar-refractivity contribution is 5.51. The Morgan fingerprint density at radius 2 is 1.75 bits per heavy atom. The average Bonchev–Trinajstić information content (AvgIpc) is 3.15. The smallest absolute Gasteiger partial charge is 0.130 e. The van der Waals surface area contributed by atoms with Gasteiger partial charge >= 0.3 is 0 Å². The van der Waals surface area contributed by atoms with E-state index in [0.717, 1.165) is 23.3 Å². The Hall–Kier alpha value is -1.77. The second kappa shape index (κ2) is 4.37. The second-order valence-electron chi connectivity index (χ2n) is 6.28. The standard InChI is InChI=1S/C17H21N3/c1-11-16(15-13-9-5-6-10-14(13)15)19-20(17(11)18)12-7-3-2-4-8-12/h2-4,7-8,13-15H,5-6,9-10,18H2,1H3. The van der Waals surface area contributed by atoms with Gasteiger partial charge in [0.15, 0.2) is 0 Å². The molecule has 0 bridgehead atoms. The average molecular weight is 267 g/mol. The van der Waals surface area contributed by atoms with Crippen LogP contribution in [0.4, 0.5) is 5.82 Å². The van der Waals surface area contributed by atoms with Gasteiger partial charge in [-0.1, -0.05) is 31.0 Å². The van der Waals surface area contributed by atoms with E-state index in [0.29, 0.717) is 5.92 Å².